The van der Waals surface area contributed by atoms with E-state index in [0.717, 1.165) is 29.6 Å². The molecular formula is C24H30ClN3O3. The number of fused-ring (bicyclic) bond motifs is 1. The molecule has 3 unspecified atom stereocenters. The first-order valence-corrected chi connectivity index (χ1v) is 11.5. The summed E-state index contributed by atoms with van der Waals surface area (Å²) in [5, 5.41) is 3.83. The van der Waals surface area contributed by atoms with Crippen molar-refractivity contribution in [3.63, 3.8) is 0 Å². The summed E-state index contributed by atoms with van der Waals surface area (Å²) in [6, 6.07) is 5.60. The Hall–Kier alpha value is -2.34. The quantitative estimate of drug-likeness (QED) is 0.558. The second-order valence-electron chi connectivity index (χ2n) is 8.58. The number of methoxy groups -OCH3 is 1. The van der Waals surface area contributed by atoms with Crippen LogP contribution in [0.3, 0.4) is 0 Å². The molecule has 0 bridgehead atoms. The van der Waals surface area contributed by atoms with Crippen LogP contribution in [0.5, 0.6) is 5.75 Å². The number of hydrogen-bond donors (Lipinski definition) is 1. The van der Waals surface area contributed by atoms with Gasteiger partial charge in [-0.25, -0.2) is 14.8 Å². The van der Waals surface area contributed by atoms with Crippen LogP contribution < -0.4 is 10.1 Å². The third kappa shape index (κ3) is 5.48. The largest absolute Gasteiger partial charge is 0.495 e. The van der Waals surface area contributed by atoms with E-state index in [4.69, 9.17) is 26.1 Å². The molecule has 6 nitrogen and oxygen atoms in total. The lowest BCUT2D eigenvalue weighted by atomic mass is 9.94. The predicted molar refractivity (Wildman–Crippen MR) is 121 cm³/mol. The maximum absolute atomic E-state index is 12.4. The Morgan fingerprint density at radius 2 is 2.13 bits per heavy atom. The number of anilines is 1. The molecule has 2 aliphatic carbocycles. The summed E-state index contributed by atoms with van der Waals surface area (Å²) in [4.78, 5) is 21.7. The zero-order valence-corrected chi connectivity index (χ0v) is 19.0. The van der Waals surface area contributed by atoms with Crippen LogP contribution in [-0.4, -0.2) is 29.7 Å². The second-order valence-corrected chi connectivity index (χ2v) is 8.99. The molecule has 2 saturated carbocycles. The van der Waals surface area contributed by atoms with Crippen molar-refractivity contribution in [2.45, 2.75) is 52.0 Å². The minimum Gasteiger partial charge on any atom is -0.495 e. The number of carbonyl (C=O) groups excluding carboxylic acids is 1. The van der Waals surface area contributed by atoms with E-state index in [1.165, 1.54) is 32.1 Å². The van der Waals surface area contributed by atoms with Gasteiger partial charge in [-0.15, -0.1) is 0 Å². The highest BCUT2D eigenvalue weighted by Crippen LogP contribution is 2.50. The van der Waals surface area contributed by atoms with Crippen molar-refractivity contribution in [3.8, 4) is 5.75 Å². The third-order valence-electron chi connectivity index (χ3n) is 6.37. The van der Waals surface area contributed by atoms with E-state index in [2.05, 4.69) is 10.3 Å². The number of nitrogens with zero attached hydrogens (tertiary/aromatic N) is 2. The van der Waals surface area contributed by atoms with Gasteiger partial charge in [0.2, 0.25) is 0 Å². The molecule has 166 valence electrons. The van der Waals surface area contributed by atoms with E-state index in [1.807, 2.05) is 18.2 Å². The molecule has 31 heavy (non-hydrogen) atoms. The number of nitrogens with one attached hydrogen (secondary N) is 1. The van der Waals surface area contributed by atoms with Gasteiger partial charge in [0.15, 0.2) is 0 Å². The van der Waals surface area contributed by atoms with Gasteiger partial charge in [0.25, 0.3) is 0 Å². The SMILES string of the molecule is CCOC(=O)c1cnc(CC2CCCC3CC3C2)nc1NCc1ccc(OC)c(Cl)c1. The first-order chi connectivity index (χ1) is 15.1. The number of halogens is 1. The summed E-state index contributed by atoms with van der Waals surface area (Å²) in [7, 11) is 1.59. The van der Waals surface area contributed by atoms with Crippen LogP contribution in [0.25, 0.3) is 0 Å². The lowest BCUT2D eigenvalue weighted by Crippen LogP contribution is -2.15. The molecule has 0 radical (unpaired) electrons. The second kappa shape index (κ2) is 9.86. The predicted octanol–water partition coefficient (Wildman–Crippen LogP) is 5.30. The van der Waals surface area contributed by atoms with E-state index < -0.39 is 5.97 Å². The summed E-state index contributed by atoms with van der Waals surface area (Å²) in [6.07, 6.45) is 9.05. The average molecular weight is 444 g/mol. The van der Waals surface area contributed by atoms with Crippen LogP contribution in [0, 0.1) is 17.8 Å². The van der Waals surface area contributed by atoms with Crippen LogP contribution in [0.4, 0.5) is 5.82 Å². The van der Waals surface area contributed by atoms with Crippen molar-refractivity contribution >= 4 is 23.4 Å². The van der Waals surface area contributed by atoms with Crippen LogP contribution in [0.1, 0.15) is 60.8 Å². The Morgan fingerprint density at radius 1 is 1.26 bits per heavy atom. The van der Waals surface area contributed by atoms with Crippen molar-refractivity contribution in [1.29, 1.82) is 0 Å². The highest BCUT2D eigenvalue weighted by molar-refractivity contribution is 6.32. The van der Waals surface area contributed by atoms with E-state index in [9.17, 15) is 4.79 Å². The molecule has 3 atom stereocenters. The lowest BCUT2D eigenvalue weighted by molar-refractivity contribution is 0.0526. The topological polar surface area (TPSA) is 73.3 Å². The molecule has 1 N–H and O–H groups in total. The van der Waals surface area contributed by atoms with E-state index in [0.29, 0.717) is 41.2 Å². The summed E-state index contributed by atoms with van der Waals surface area (Å²) in [6.45, 7) is 2.56. The van der Waals surface area contributed by atoms with Gasteiger partial charge in [-0.2, -0.15) is 0 Å². The summed E-state index contributed by atoms with van der Waals surface area (Å²) >= 11 is 6.24. The Balaban J connectivity index is 1.50. The van der Waals surface area contributed by atoms with Gasteiger partial charge >= 0.3 is 5.97 Å². The van der Waals surface area contributed by atoms with Crippen LogP contribution in [-0.2, 0) is 17.7 Å². The molecule has 1 aromatic carbocycles. The smallest absolute Gasteiger partial charge is 0.343 e. The summed E-state index contributed by atoms with van der Waals surface area (Å²) < 4.78 is 10.4. The average Bonchev–Trinajstić information content (AvgIpc) is 3.51. The summed E-state index contributed by atoms with van der Waals surface area (Å²) in [5.41, 5.74) is 1.32. The van der Waals surface area contributed by atoms with Gasteiger partial charge in [0.05, 0.1) is 18.7 Å². The molecule has 7 heteroatoms. The van der Waals surface area contributed by atoms with Crippen LogP contribution >= 0.6 is 11.6 Å². The Bertz CT molecular complexity index is 936. The molecule has 0 aliphatic heterocycles. The molecule has 0 saturated heterocycles. The van der Waals surface area contributed by atoms with Crippen molar-refractivity contribution in [3.05, 3.63) is 46.4 Å². The number of aromatic nitrogens is 2. The maximum atomic E-state index is 12.4. The van der Waals surface area contributed by atoms with E-state index >= 15 is 0 Å². The zero-order valence-electron chi connectivity index (χ0n) is 18.2. The number of ether oxygens (including phenoxy) is 2. The number of hydrogen-bond acceptors (Lipinski definition) is 6. The molecule has 0 spiro atoms. The van der Waals surface area contributed by atoms with Crippen molar-refractivity contribution in [2.75, 3.05) is 19.0 Å². The van der Waals surface area contributed by atoms with Crippen molar-refractivity contribution < 1.29 is 14.3 Å². The molecule has 2 aromatic rings. The van der Waals surface area contributed by atoms with Gasteiger partial charge in [-0.1, -0.05) is 30.5 Å². The standard InChI is InChI=1S/C24H30ClN3O3/c1-3-31-24(29)19-14-26-22(11-15-5-4-6-17-12-18(17)9-15)28-23(19)27-13-16-7-8-21(30-2)20(25)10-16/h7-8,10,14-15,17-18H,3-6,9,11-13H2,1-2H3,(H,26,27,28). The highest BCUT2D eigenvalue weighted by atomic mass is 35.5. The van der Waals surface area contributed by atoms with Gasteiger partial charge < -0.3 is 14.8 Å². The van der Waals surface area contributed by atoms with Gasteiger partial charge in [-0.05, 0) is 61.6 Å². The number of esters is 1. The van der Waals surface area contributed by atoms with Crippen LogP contribution in [0.15, 0.2) is 24.4 Å². The molecule has 1 heterocycles. The van der Waals surface area contributed by atoms with E-state index in [-0.39, 0.29) is 0 Å². The van der Waals surface area contributed by atoms with Crippen molar-refractivity contribution in [1.82, 2.24) is 9.97 Å². The molecule has 1 aromatic heterocycles. The first-order valence-electron chi connectivity index (χ1n) is 11.2. The minimum absolute atomic E-state index is 0.304. The lowest BCUT2D eigenvalue weighted by Gasteiger charge is -2.16. The molecule has 2 fully saturated rings. The first kappa shape index (κ1) is 21.9. The number of rotatable bonds is 8. The number of carbonyl (C=O) groups is 1. The zero-order chi connectivity index (χ0) is 21.8. The third-order valence-corrected chi connectivity index (χ3v) is 6.67. The fourth-order valence-corrected chi connectivity index (χ4v) is 4.91. The normalized spacial score (nSPS) is 22.2. The van der Waals surface area contributed by atoms with Crippen LogP contribution in [0.2, 0.25) is 5.02 Å². The molecule has 4 rings (SSSR count). The Kier molecular flexibility index (Phi) is 6.96. The monoisotopic (exact) mass is 443 g/mol. The van der Waals surface area contributed by atoms with Gasteiger partial charge in [-0.3, -0.25) is 0 Å². The Morgan fingerprint density at radius 3 is 2.90 bits per heavy atom. The summed E-state index contributed by atoms with van der Waals surface area (Å²) in [5.74, 6) is 4.00. The van der Waals surface area contributed by atoms with Gasteiger partial charge in [0.1, 0.15) is 23.0 Å². The van der Waals surface area contributed by atoms with Crippen molar-refractivity contribution in [2.24, 2.45) is 17.8 Å². The fourth-order valence-electron chi connectivity index (χ4n) is 4.63. The van der Waals surface area contributed by atoms with E-state index in [1.54, 1.807) is 20.2 Å². The molecular weight excluding hydrogens is 414 g/mol. The fraction of sp³-hybridized carbons (Fsp3) is 0.542. The molecule has 0 amide bonds. The highest BCUT2D eigenvalue weighted by Gasteiger charge is 2.40. The van der Waals surface area contributed by atoms with Gasteiger partial charge in [0, 0.05) is 19.2 Å². The maximum Gasteiger partial charge on any atom is 0.343 e. The number of benzene rings is 1. The minimum atomic E-state index is -0.417. The molecule has 2 aliphatic rings. The Labute approximate surface area is 188 Å².